The van der Waals surface area contributed by atoms with Gasteiger partial charge in [-0.3, -0.25) is 0 Å². The first-order valence-electron chi connectivity index (χ1n) is 4.47. The van der Waals surface area contributed by atoms with E-state index in [9.17, 15) is 4.79 Å². The van der Waals surface area contributed by atoms with E-state index in [0.29, 0.717) is 13.2 Å². The molecule has 1 amide bonds. The Bertz CT molecular complexity index is 244. The maximum absolute atomic E-state index is 11.2. The van der Waals surface area contributed by atoms with Crippen molar-refractivity contribution in [2.24, 2.45) is 0 Å². The van der Waals surface area contributed by atoms with E-state index in [-0.39, 0.29) is 6.09 Å². The zero-order valence-electron chi connectivity index (χ0n) is 8.82. The lowest BCUT2D eigenvalue weighted by Crippen LogP contribution is -2.29. The third-order valence-corrected chi connectivity index (χ3v) is 1.59. The van der Waals surface area contributed by atoms with Gasteiger partial charge in [-0.05, 0) is 12.5 Å². The molecule has 0 spiro atoms. The van der Waals surface area contributed by atoms with Gasteiger partial charge in [0, 0.05) is 13.6 Å². The van der Waals surface area contributed by atoms with Gasteiger partial charge in [-0.2, -0.15) is 0 Å². The van der Waals surface area contributed by atoms with Crippen LogP contribution in [-0.2, 0) is 4.74 Å². The van der Waals surface area contributed by atoms with Gasteiger partial charge in [-0.1, -0.05) is 31.4 Å². The fourth-order valence-corrected chi connectivity index (χ4v) is 0.909. The van der Waals surface area contributed by atoms with Gasteiger partial charge in [0.1, 0.15) is 0 Å². The highest BCUT2D eigenvalue weighted by Gasteiger charge is 2.08. The van der Waals surface area contributed by atoms with E-state index >= 15 is 0 Å². The zero-order chi connectivity index (χ0) is 11.0. The number of hydrogen-bond donors (Lipinski definition) is 0. The van der Waals surface area contributed by atoms with Gasteiger partial charge >= 0.3 is 6.09 Å². The molecule has 0 rings (SSSR count). The van der Waals surface area contributed by atoms with Gasteiger partial charge in [0.15, 0.2) is 0 Å². The lowest BCUT2D eigenvalue weighted by Gasteiger charge is -2.16. The van der Waals surface area contributed by atoms with E-state index in [1.54, 1.807) is 26.1 Å². The highest BCUT2D eigenvalue weighted by atomic mass is 16.5. The predicted molar refractivity (Wildman–Crippen MR) is 58.1 cm³/mol. The van der Waals surface area contributed by atoms with Crippen LogP contribution in [-0.4, -0.2) is 31.2 Å². The second-order valence-electron chi connectivity index (χ2n) is 2.74. The van der Waals surface area contributed by atoms with Gasteiger partial charge in [0.25, 0.3) is 0 Å². The van der Waals surface area contributed by atoms with Crippen LogP contribution < -0.4 is 0 Å². The number of nitrogens with zero attached hydrogens (tertiary/aromatic N) is 1. The van der Waals surface area contributed by atoms with Gasteiger partial charge in [-0.25, -0.2) is 4.79 Å². The summed E-state index contributed by atoms with van der Waals surface area (Å²) >= 11 is 0. The van der Waals surface area contributed by atoms with Crippen LogP contribution >= 0.6 is 0 Å². The summed E-state index contributed by atoms with van der Waals surface area (Å²) in [6.45, 7) is 9.87. The molecular weight excluding hydrogens is 178 g/mol. The number of likely N-dealkylation sites (N-methyl/N-ethyl adjacent to an activating group) is 1. The first-order chi connectivity index (χ1) is 6.65. The van der Waals surface area contributed by atoms with Gasteiger partial charge in [0.2, 0.25) is 0 Å². The second-order valence-corrected chi connectivity index (χ2v) is 2.74. The summed E-state index contributed by atoms with van der Waals surface area (Å²) in [5, 5.41) is 0. The molecule has 0 N–H and O–H groups in total. The van der Waals surface area contributed by atoms with Crippen LogP contribution in [0, 0.1) is 0 Å². The summed E-state index contributed by atoms with van der Waals surface area (Å²) in [5.41, 5.74) is 0.926. The van der Waals surface area contributed by atoms with E-state index in [0.717, 1.165) is 5.57 Å². The van der Waals surface area contributed by atoms with Crippen molar-refractivity contribution in [1.29, 1.82) is 0 Å². The third kappa shape index (κ3) is 4.50. The zero-order valence-corrected chi connectivity index (χ0v) is 8.82. The van der Waals surface area contributed by atoms with Crippen LogP contribution in [0.4, 0.5) is 4.79 Å². The molecule has 0 aromatic carbocycles. The average molecular weight is 195 g/mol. The predicted octanol–water partition coefficient (Wildman–Crippen LogP) is 2.37. The van der Waals surface area contributed by atoms with Crippen molar-refractivity contribution in [3.05, 3.63) is 37.0 Å². The molecule has 0 saturated carbocycles. The molecule has 14 heavy (non-hydrogen) atoms. The van der Waals surface area contributed by atoms with E-state index in [1.165, 1.54) is 4.90 Å². The molecule has 0 saturated heterocycles. The van der Waals surface area contributed by atoms with Crippen molar-refractivity contribution in [2.75, 3.05) is 20.2 Å². The van der Waals surface area contributed by atoms with Crippen molar-refractivity contribution in [2.45, 2.75) is 6.92 Å². The van der Waals surface area contributed by atoms with Gasteiger partial charge in [-0.15, -0.1) is 0 Å². The van der Waals surface area contributed by atoms with Crippen LogP contribution in [0.2, 0.25) is 0 Å². The van der Waals surface area contributed by atoms with E-state index in [2.05, 4.69) is 13.2 Å². The van der Waals surface area contributed by atoms with Crippen molar-refractivity contribution >= 4 is 6.09 Å². The minimum atomic E-state index is -0.329. The summed E-state index contributed by atoms with van der Waals surface area (Å²) in [4.78, 5) is 12.7. The third-order valence-electron chi connectivity index (χ3n) is 1.59. The normalized spacial score (nSPS) is 10.6. The number of carbonyl (C=O) groups is 1. The standard InChI is InChI=1S/C11H17NO2/c1-5-8-10(6-2)9-12(4)11(13)14-7-3/h5-6,8H,1-2,7,9H2,3-4H3/b10-8+. The van der Waals surface area contributed by atoms with Crippen LogP contribution in [0.3, 0.4) is 0 Å². The molecule has 78 valence electrons. The Morgan fingerprint density at radius 1 is 1.50 bits per heavy atom. The van der Waals surface area contributed by atoms with Crippen molar-refractivity contribution < 1.29 is 9.53 Å². The summed E-state index contributed by atoms with van der Waals surface area (Å²) < 4.78 is 4.83. The Balaban J connectivity index is 4.21. The smallest absolute Gasteiger partial charge is 0.409 e. The quantitative estimate of drug-likeness (QED) is 0.630. The highest BCUT2D eigenvalue weighted by molar-refractivity contribution is 5.67. The molecule has 0 radical (unpaired) electrons. The molecule has 0 aromatic heterocycles. The molecular formula is C11H17NO2. The number of hydrogen-bond acceptors (Lipinski definition) is 2. The Kier molecular flexibility index (Phi) is 6.20. The number of ether oxygens (including phenoxy) is 1. The Hall–Kier alpha value is -1.51. The van der Waals surface area contributed by atoms with E-state index < -0.39 is 0 Å². The number of carbonyl (C=O) groups excluding carboxylic acids is 1. The Morgan fingerprint density at radius 2 is 2.14 bits per heavy atom. The largest absolute Gasteiger partial charge is 0.450 e. The maximum atomic E-state index is 11.2. The summed E-state index contributed by atoms with van der Waals surface area (Å²) in [6, 6.07) is 0. The SMILES string of the molecule is C=C/C=C(\C=C)CN(C)C(=O)OCC. The minimum absolute atomic E-state index is 0.329. The lowest BCUT2D eigenvalue weighted by atomic mass is 10.2. The van der Waals surface area contributed by atoms with Crippen molar-refractivity contribution in [1.82, 2.24) is 4.90 Å². The van der Waals surface area contributed by atoms with Crippen LogP contribution in [0.25, 0.3) is 0 Å². The lowest BCUT2D eigenvalue weighted by molar-refractivity contribution is 0.119. The Labute approximate surface area is 85.4 Å². The molecule has 0 aliphatic carbocycles. The van der Waals surface area contributed by atoms with E-state index in [1.807, 2.05) is 6.08 Å². The summed E-state index contributed by atoms with van der Waals surface area (Å²) in [6.07, 6.45) is 4.83. The molecule has 0 aromatic rings. The van der Waals surface area contributed by atoms with Crippen LogP contribution in [0.1, 0.15) is 6.92 Å². The maximum Gasteiger partial charge on any atom is 0.409 e. The molecule has 3 nitrogen and oxygen atoms in total. The first kappa shape index (κ1) is 12.5. The molecule has 0 unspecified atom stereocenters. The number of rotatable bonds is 5. The number of allylic oxidation sites excluding steroid dienone is 2. The van der Waals surface area contributed by atoms with Gasteiger partial charge < -0.3 is 9.64 Å². The highest BCUT2D eigenvalue weighted by Crippen LogP contribution is 2.00. The number of amides is 1. The second kappa shape index (κ2) is 6.95. The first-order valence-corrected chi connectivity index (χ1v) is 4.47. The fourth-order valence-electron chi connectivity index (χ4n) is 0.909. The fraction of sp³-hybridized carbons (Fsp3) is 0.364. The molecule has 0 aliphatic heterocycles. The molecule has 0 aliphatic rings. The molecule has 0 bridgehead atoms. The molecule has 0 heterocycles. The van der Waals surface area contributed by atoms with Crippen LogP contribution in [0.5, 0.6) is 0 Å². The Morgan fingerprint density at radius 3 is 2.57 bits per heavy atom. The average Bonchev–Trinajstić information content (AvgIpc) is 2.17. The van der Waals surface area contributed by atoms with Crippen molar-refractivity contribution in [3.63, 3.8) is 0 Å². The van der Waals surface area contributed by atoms with Gasteiger partial charge in [0.05, 0.1) is 6.61 Å². The molecule has 0 atom stereocenters. The summed E-state index contributed by atoms with van der Waals surface area (Å²) in [5.74, 6) is 0. The topological polar surface area (TPSA) is 29.5 Å². The van der Waals surface area contributed by atoms with Crippen molar-refractivity contribution in [3.8, 4) is 0 Å². The van der Waals surface area contributed by atoms with E-state index in [4.69, 9.17) is 4.74 Å². The molecule has 0 fully saturated rings. The minimum Gasteiger partial charge on any atom is -0.450 e. The van der Waals surface area contributed by atoms with Crippen LogP contribution in [0.15, 0.2) is 37.0 Å². The summed E-state index contributed by atoms with van der Waals surface area (Å²) in [7, 11) is 1.68. The monoisotopic (exact) mass is 195 g/mol. The molecule has 3 heteroatoms.